The lowest BCUT2D eigenvalue weighted by molar-refractivity contribution is -0.870. The molecule has 0 saturated heterocycles. The van der Waals surface area contributed by atoms with Gasteiger partial charge in [-0.05, 0) is 109 Å². The second-order valence-corrected chi connectivity index (χ2v) is 27.8. The van der Waals surface area contributed by atoms with Crippen molar-refractivity contribution < 1.29 is 37.3 Å². The molecule has 0 rings (SSSR count). The van der Waals surface area contributed by atoms with Crippen LogP contribution < -0.4 is 10.2 Å². The molecule has 1 amide bonds. The van der Waals surface area contributed by atoms with E-state index in [1.807, 2.05) is 33.3 Å². The number of phosphoric acid groups is 1. The van der Waals surface area contributed by atoms with Crippen molar-refractivity contribution in [3.8, 4) is 0 Å². The van der Waals surface area contributed by atoms with E-state index in [9.17, 15) is 19.0 Å². The third kappa shape index (κ3) is 69.1. The zero-order valence-corrected chi connectivity index (χ0v) is 60.0. The Morgan fingerprint density at radius 2 is 0.719 bits per heavy atom. The zero-order valence-electron chi connectivity index (χ0n) is 59.1. The molecule has 89 heavy (non-hydrogen) atoms. The van der Waals surface area contributed by atoms with Crippen molar-refractivity contribution in [2.75, 3.05) is 40.9 Å². The van der Waals surface area contributed by atoms with Crippen molar-refractivity contribution in [1.29, 1.82) is 0 Å². The summed E-state index contributed by atoms with van der Waals surface area (Å²) in [6.45, 7) is 6.74. The van der Waals surface area contributed by atoms with Crippen LogP contribution in [0, 0.1) is 0 Å². The summed E-state index contributed by atoms with van der Waals surface area (Å²) in [6, 6.07) is -0.896. The molecule has 0 saturated carbocycles. The Balaban J connectivity index is 5.04. The SMILES string of the molecule is CC/C=C\C/C=C\C/C=C\C/C=C\C/C=C\CCCCCCCCCCCCCC(=O)NC(COP(=O)([O-])OCC[N+](C)(C)C)C(/C=C\CCCCCCCCCCCCC)OC(=O)CCCCCCCCCCCCCCC/C=C\C/C=C\CCCCC. The van der Waals surface area contributed by atoms with Crippen molar-refractivity contribution in [2.45, 2.75) is 354 Å². The van der Waals surface area contributed by atoms with Crippen molar-refractivity contribution in [3.05, 3.63) is 97.2 Å². The molecular weight excluding hydrogens is 1120 g/mol. The van der Waals surface area contributed by atoms with Gasteiger partial charge in [0.15, 0.2) is 0 Å². The number of phosphoric ester groups is 1. The fraction of sp³-hybridized carbons (Fsp3) is 0.772. The van der Waals surface area contributed by atoms with Gasteiger partial charge >= 0.3 is 5.97 Å². The van der Waals surface area contributed by atoms with Crippen LogP contribution in [0.4, 0.5) is 0 Å². The van der Waals surface area contributed by atoms with Gasteiger partial charge in [0, 0.05) is 12.8 Å². The van der Waals surface area contributed by atoms with Crippen molar-refractivity contribution in [1.82, 2.24) is 5.32 Å². The van der Waals surface area contributed by atoms with Gasteiger partial charge < -0.3 is 28.5 Å². The van der Waals surface area contributed by atoms with Crippen LogP contribution in [0.5, 0.6) is 0 Å². The monoisotopic (exact) mass is 1260 g/mol. The van der Waals surface area contributed by atoms with Gasteiger partial charge in [0.05, 0.1) is 33.8 Å². The smallest absolute Gasteiger partial charge is 0.306 e. The highest BCUT2D eigenvalue weighted by Crippen LogP contribution is 2.38. The predicted molar refractivity (Wildman–Crippen MR) is 385 cm³/mol. The zero-order chi connectivity index (χ0) is 64.9. The summed E-state index contributed by atoms with van der Waals surface area (Å²) < 4.78 is 30.5. The third-order valence-corrected chi connectivity index (χ3v) is 17.5. The van der Waals surface area contributed by atoms with E-state index in [4.69, 9.17) is 13.8 Å². The maximum absolute atomic E-state index is 13.6. The first-order chi connectivity index (χ1) is 43.4. The maximum atomic E-state index is 13.6. The predicted octanol–water partition coefficient (Wildman–Crippen LogP) is 23.6. The number of carbonyl (C=O) groups excluding carboxylic acids is 2. The molecule has 0 aliphatic heterocycles. The molecule has 1 N–H and O–H groups in total. The number of unbranched alkanes of at least 4 members (excludes halogenated alkanes) is 38. The van der Waals surface area contributed by atoms with E-state index < -0.39 is 26.6 Å². The minimum atomic E-state index is -4.71. The lowest BCUT2D eigenvalue weighted by Crippen LogP contribution is -2.47. The average Bonchev–Trinajstić information content (AvgIpc) is 3.65. The van der Waals surface area contributed by atoms with E-state index in [0.717, 1.165) is 109 Å². The quantitative estimate of drug-likeness (QED) is 0.0212. The van der Waals surface area contributed by atoms with Crippen LogP contribution in [-0.4, -0.2) is 69.4 Å². The summed E-state index contributed by atoms with van der Waals surface area (Å²) in [7, 11) is 1.18. The number of esters is 1. The minimum Gasteiger partial charge on any atom is -0.756 e. The van der Waals surface area contributed by atoms with Crippen molar-refractivity contribution in [2.24, 2.45) is 0 Å². The maximum Gasteiger partial charge on any atom is 0.306 e. The van der Waals surface area contributed by atoms with Crippen LogP contribution in [-0.2, 0) is 27.9 Å². The topological polar surface area (TPSA) is 114 Å². The van der Waals surface area contributed by atoms with E-state index in [2.05, 4.69) is 111 Å². The third-order valence-electron chi connectivity index (χ3n) is 16.5. The van der Waals surface area contributed by atoms with Crippen LogP contribution in [0.3, 0.4) is 0 Å². The molecule has 3 unspecified atom stereocenters. The summed E-state index contributed by atoms with van der Waals surface area (Å²) in [5, 5.41) is 3.05. The number of nitrogens with one attached hydrogen (secondary N) is 1. The van der Waals surface area contributed by atoms with Gasteiger partial charge in [0.1, 0.15) is 19.3 Å². The lowest BCUT2D eigenvalue weighted by atomic mass is 10.0. The Labute approximate surface area is 551 Å². The van der Waals surface area contributed by atoms with E-state index in [-0.39, 0.29) is 24.9 Å². The van der Waals surface area contributed by atoms with Gasteiger partial charge in [-0.3, -0.25) is 14.2 Å². The Morgan fingerprint density at radius 1 is 0.404 bits per heavy atom. The fourth-order valence-electron chi connectivity index (χ4n) is 10.8. The van der Waals surface area contributed by atoms with Gasteiger partial charge in [-0.1, -0.05) is 317 Å². The Kier molecular flexibility index (Phi) is 65.5. The molecule has 0 fully saturated rings. The van der Waals surface area contributed by atoms with Gasteiger partial charge in [0.25, 0.3) is 7.82 Å². The number of hydrogen-bond acceptors (Lipinski definition) is 7. The molecule has 0 aromatic heterocycles. The number of carbonyl (C=O) groups is 2. The fourth-order valence-corrected chi connectivity index (χ4v) is 11.5. The first kappa shape index (κ1) is 85.9. The molecule has 0 aromatic rings. The van der Waals surface area contributed by atoms with Crippen LogP contribution in [0.15, 0.2) is 97.2 Å². The Morgan fingerprint density at radius 3 is 1.10 bits per heavy atom. The van der Waals surface area contributed by atoms with Gasteiger partial charge in [-0.15, -0.1) is 0 Å². The summed E-state index contributed by atoms with van der Waals surface area (Å²) >= 11 is 0. The highest BCUT2D eigenvalue weighted by atomic mass is 31.2. The number of amides is 1. The summed E-state index contributed by atoms with van der Waals surface area (Å²) in [4.78, 5) is 40.3. The number of ether oxygens (including phenoxy) is 1. The minimum absolute atomic E-state index is 0.0255. The average molecular weight is 1260 g/mol. The standard InChI is InChI=1S/C79H143N2O7P/c1-7-10-13-16-19-22-25-28-30-32-34-36-38-39-40-41-43-44-46-48-50-53-56-59-62-65-68-71-78(82)80-76(75-87-89(84,85)86-74-73-81(4,5)6)77(70-67-64-61-58-55-52-27-24-21-18-15-12-9-3)88-79(83)72-69-66-63-60-57-54-51-49-47-45-42-37-35-33-31-29-26-23-20-17-14-11-8-2/h10,13,19-20,22-23,28-31,34,36,39-40,67,70,76-77H,7-9,11-12,14-18,21,24-27,32-33,35,37-38,41-66,68-69,71-75H2,1-6H3,(H-,80,82,84,85)/b13-10-,22-19-,23-20-,30-28-,31-29-,36-34-,40-39-,70-67-. The Hall–Kier alpha value is -3.07. The van der Waals surface area contributed by atoms with Crippen LogP contribution in [0.2, 0.25) is 0 Å². The van der Waals surface area contributed by atoms with E-state index >= 15 is 0 Å². The highest BCUT2D eigenvalue weighted by molar-refractivity contribution is 7.45. The van der Waals surface area contributed by atoms with Crippen molar-refractivity contribution >= 4 is 19.7 Å². The molecule has 0 bridgehead atoms. The second kappa shape index (κ2) is 67.8. The van der Waals surface area contributed by atoms with Crippen LogP contribution in [0.1, 0.15) is 342 Å². The summed E-state index contributed by atoms with van der Waals surface area (Å²) in [6.07, 6.45) is 92.4. The second-order valence-electron chi connectivity index (χ2n) is 26.4. The van der Waals surface area contributed by atoms with Crippen LogP contribution in [0.25, 0.3) is 0 Å². The first-order valence-electron chi connectivity index (χ1n) is 37.5. The molecule has 0 aromatic carbocycles. The molecule has 0 radical (unpaired) electrons. The number of rotatable bonds is 68. The van der Waals surface area contributed by atoms with Gasteiger partial charge in [-0.2, -0.15) is 0 Å². The highest BCUT2D eigenvalue weighted by Gasteiger charge is 2.27. The lowest BCUT2D eigenvalue weighted by Gasteiger charge is -2.30. The number of likely N-dealkylation sites (N-methyl/N-ethyl adjacent to an activating group) is 1. The molecule has 0 spiro atoms. The molecule has 3 atom stereocenters. The molecule has 9 nitrogen and oxygen atoms in total. The molecule has 0 heterocycles. The number of hydrogen-bond donors (Lipinski definition) is 1. The van der Waals surface area contributed by atoms with Gasteiger partial charge in [-0.25, -0.2) is 0 Å². The van der Waals surface area contributed by atoms with E-state index in [1.54, 1.807) is 0 Å². The number of nitrogens with zero attached hydrogens (tertiary/aromatic N) is 1. The van der Waals surface area contributed by atoms with Crippen molar-refractivity contribution in [3.63, 3.8) is 0 Å². The number of quaternary nitrogens is 1. The first-order valence-corrected chi connectivity index (χ1v) is 39.0. The van der Waals surface area contributed by atoms with Gasteiger partial charge in [0.2, 0.25) is 5.91 Å². The molecular formula is C79H143N2O7P. The van der Waals surface area contributed by atoms with E-state index in [1.165, 1.54) is 199 Å². The number of allylic oxidation sites excluding steroid dienone is 15. The molecule has 516 valence electrons. The van der Waals surface area contributed by atoms with Crippen LogP contribution >= 0.6 is 7.82 Å². The van der Waals surface area contributed by atoms with E-state index in [0.29, 0.717) is 17.4 Å². The molecule has 10 heteroatoms. The normalized spacial score (nSPS) is 14.0. The summed E-state index contributed by atoms with van der Waals surface area (Å²) in [5.74, 6) is -0.537. The summed E-state index contributed by atoms with van der Waals surface area (Å²) in [5.41, 5.74) is 0. The Bertz CT molecular complexity index is 1840. The molecule has 0 aliphatic rings. The molecule has 0 aliphatic carbocycles. The largest absolute Gasteiger partial charge is 0.756 e.